The molecule has 5 heteroatoms. The number of methoxy groups -OCH3 is 1. The standard InChI is InChI=1S/C16H24N2O2.ClH/c1-4-10-16(2,17)15(19)18-13-9-8-12-11(13)6-5-7-14(12)20-3;/h5-7,13H,4,8-10,17H2,1-3H3,(H,18,19);1H. The molecule has 0 heterocycles. The van der Waals surface area contributed by atoms with Crippen LogP contribution in [0.4, 0.5) is 0 Å². The highest BCUT2D eigenvalue weighted by Crippen LogP contribution is 2.36. The second kappa shape index (κ2) is 7.14. The number of hydrogen-bond donors (Lipinski definition) is 2. The molecule has 2 rings (SSSR count). The minimum atomic E-state index is -0.795. The lowest BCUT2D eigenvalue weighted by Gasteiger charge is -2.25. The van der Waals surface area contributed by atoms with Crippen molar-refractivity contribution in [1.82, 2.24) is 5.32 Å². The maximum absolute atomic E-state index is 12.3. The number of ether oxygens (including phenoxy) is 1. The Labute approximate surface area is 132 Å². The Hall–Kier alpha value is -1.26. The van der Waals surface area contributed by atoms with Crippen LogP contribution < -0.4 is 15.8 Å². The number of carbonyl (C=O) groups excluding carboxylic acids is 1. The van der Waals surface area contributed by atoms with E-state index in [0.717, 1.165) is 30.6 Å². The van der Waals surface area contributed by atoms with Gasteiger partial charge in [0, 0.05) is 0 Å². The molecule has 0 aromatic heterocycles. The molecule has 1 aliphatic carbocycles. The summed E-state index contributed by atoms with van der Waals surface area (Å²) in [5.41, 5.74) is 7.65. The lowest BCUT2D eigenvalue weighted by atomic mass is 9.95. The Bertz CT molecular complexity index is 503. The fourth-order valence-corrected chi connectivity index (χ4v) is 2.92. The first kappa shape index (κ1) is 17.8. The highest BCUT2D eigenvalue weighted by Gasteiger charge is 2.32. The van der Waals surface area contributed by atoms with Gasteiger partial charge in [0.15, 0.2) is 0 Å². The summed E-state index contributed by atoms with van der Waals surface area (Å²) in [6.07, 6.45) is 3.43. The van der Waals surface area contributed by atoms with Crippen LogP contribution >= 0.6 is 12.4 Å². The lowest BCUT2D eigenvalue weighted by Crippen LogP contribution is -2.52. The molecule has 2 atom stereocenters. The summed E-state index contributed by atoms with van der Waals surface area (Å²) in [6.45, 7) is 3.83. The number of nitrogens with two attached hydrogens (primary N) is 1. The number of nitrogens with one attached hydrogen (secondary N) is 1. The van der Waals surface area contributed by atoms with Gasteiger partial charge in [0.2, 0.25) is 5.91 Å². The maximum Gasteiger partial charge on any atom is 0.240 e. The fourth-order valence-electron chi connectivity index (χ4n) is 2.92. The Morgan fingerprint density at radius 1 is 1.52 bits per heavy atom. The lowest BCUT2D eigenvalue weighted by molar-refractivity contribution is -0.126. The van der Waals surface area contributed by atoms with Gasteiger partial charge in [0.05, 0.1) is 18.7 Å². The molecule has 0 aliphatic heterocycles. The maximum atomic E-state index is 12.3. The molecule has 21 heavy (non-hydrogen) atoms. The van der Waals surface area contributed by atoms with E-state index in [4.69, 9.17) is 10.5 Å². The number of amides is 1. The summed E-state index contributed by atoms with van der Waals surface area (Å²) in [4.78, 5) is 12.3. The van der Waals surface area contributed by atoms with Crippen molar-refractivity contribution in [2.24, 2.45) is 5.73 Å². The Balaban J connectivity index is 0.00000220. The summed E-state index contributed by atoms with van der Waals surface area (Å²) < 4.78 is 5.38. The van der Waals surface area contributed by atoms with Crippen LogP contribution in [-0.2, 0) is 11.2 Å². The second-order valence-corrected chi connectivity index (χ2v) is 5.76. The molecular formula is C16H25ClN2O2. The van der Waals surface area contributed by atoms with Gasteiger partial charge >= 0.3 is 0 Å². The molecule has 3 N–H and O–H groups in total. The average molecular weight is 313 g/mol. The van der Waals surface area contributed by atoms with Crippen LogP contribution in [0.2, 0.25) is 0 Å². The van der Waals surface area contributed by atoms with Crippen LogP contribution in [0.3, 0.4) is 0 Å². The monoisotopic (exact) mass is 312 g/mol. The SMILES string of the molecule is CCCC(C)(N)C(=O)NC1CCc2c(OC)cccc21.Cl. The predicted molar refractivity (Wildman–Crippen MR) is 86.9 cm³/mol. The van der Waals surface area contributed by atoms with Gasteiger partial charge in [-0.15, -0.1) is 12.4 Å². The molecule has 0 saturated carbocycles. The molecule has 0 fully saturated rings. The first-order valence-corrected chi connectivity index (χ1v) is 7.25. The largest absolute Gasteiger partial charge is 0.496 e. The third kappa shape index (κ3) is 3.69. The van der Waals surface area contributed by atoms with Gasteiger partial charge < -0.3 is 15.8 Å². The van der Waals surface area contributed by atoms with Crippen LogP contribution in [0.1, 0.15) is 50.3 Å². The molecule has 0 bridgehead atoms. The molecule has 1 aromatic carbocycles. The smallest absolute Gasteiger partial charge is 0.240 e. The minimum absolute atomic E-state index is 0. The van der Waals surface area contributed by atoms with Gasteiger partial charge in [-0.2, -0.15) is 0 Å². The minimum Gasteiger partial charge on any atom is -0.496 e. The Morgan fingerprint density at radius 3 is 2.86 bits per heavy atom. The van der Waals surface area contributed by atoms with E-state index >= 15 is 0 Å². The van der Waals surface area contributed by atoms with Crippen LogP contribution in [0.25, 0.3) is 0 Å². The predicted octanol–water partition coefficient (Wildman–Crippen LogP) is 2.74. The van der Waals surface area contributed by atoms with Gasteiger partial charge in [-0.05, 0) is 43.4 Å². The van der Waals surface area contributed by atoms with Crippen molar-refractivity contribution in [2.45, 2.75) is 51.1 Å². The number of fused-ring (bicyclic) bond motifs is 1. The number of carbonyl (C=O) groups is 1. The van der Waals surface area contributed by atoms with Crippen LogP contribution in [-0.4, -0.2) is 18.6 Å². The zero-order chi connectivity index (χ0) is 14.8. The molecule has 1 aliphatic rings. The second-order valence-electron chi connectivity index (χ2n) is 5.76. The van der Waals surface area contributed by atoms with E-state index in [0.29, 0.717) is 6.42 Å². The van der Waals surface area contributed by atoms with Crippen molar-refractivity contribution < 1.29 is 9.53 Å². The van der Waals surface area contributed by atoms with E-state index in [1.54, 1.807) is 14.0 Å². The molecular weight excluding hydrogens is 288 g/mol. The molecule has 2 unspecified atom stereocenters. The zero-order valence-corrected chi connectivity index (χ0v) is 13.8. The molecule has 4 nitrogen and oxygen atoms in total. The fraction of sp³-hybridized carbons (Fsp3) is 0.562. The van der Waals surface area contributed by atoms with E-state index in [1.165, 1.54) is 5.56 Å². The van der Waals surface area contributed by atoms with Gasteiger partial charge in [-0.25, -0.2) is 0 Å². The van der Waals surface area contributed by atoms with Crippen molar-refractivity contribution in [3.63, 3.8) is 0 Å². The average Bonchev–Trinajstić information content (AvgIpc) is 2.82. The highest BCUT2D eigenvalue weighted by atomic mass is 35.5. The Kier molecular flexibility index (Phi) is 6.05. The van der Waals surface area contributed by atoms with Crippen LogP contribution in [0.15, 0.2) is 18.2 Å². The number of benzene rings is 1. The first-order chi connectivity index (χ1) is 9.49. The topological polar surface area (TPSA) is 64.4 Å². The first-order valence-electron chi connectivity index (χ1n) is 7.25. The van der Waals surface area contributed by atoms with Crippen LogP contribution in [0, 0.1) is 0 Å². The van der Waals surface area contributed by atoms with E-state index in [-0.39, 0.29) is 24.4 Å². The van der Waals surface area contributed by atoms with Crippen molar-refractivity contribution in [2.75, 3.05) is 7.11 Å². The van der Waals surface area contributed by atoms with Gasteiger partial charge in [0.1, 0.15) is 5.75 Å². The summed E-state index contributed by atoms with van der Waals surface area (Å²) in [7, 11) is 1.68. The summed E-state index contributed by atoms with van der Waals surface area (Å²) >= 11 is 0. The van der Waals surface area contributed by atoms with Crippen LogP contribution in [0.5, 0.6) is 5.75 Å². The Morgan fingerprint density at radius 2 is 2.24 bits per heavy atom. The number of rotatable bonds is 5. The summed E-state index contributed by atoms with van der Waals surface area (Å²) in [5, 5.41) is 3.09. The molecule has 1 amide bonds. The summed E-state index contributed by atoms with van der Waals surface area (Å²) in [5.74, 6) is 0.836. The number of hydrogen-bond acceptors (Lipinski definition) is 3. The number of halogens is 1. The zero-order valence-electron chi connectivity index (χ0n) is 12.9. The quantitative estimate of drug-likeness (QED) is 0.878. The van der Waals surface area contributed by atoms with Gasteiger partial charge in [0.25, 0.3) is 0 Å². The molecule has 1 aromatic rings. The third-order valence-electron chi connectivity index (χ3n) is 4.04. The third-order valence-corrected chi connectivity index (χ3v) is 4.04. The van der Waals surface area contributed by atoms with E-state index in [2.05, 4.69) is 11.4 Å². The molecule has 0 saturated heterocycles. The molecule has 0 spiro atoms. The van der Waals surface area contributed by atoms with Crippen molar-refractivity contribution in [3.05, 3.63) is 29.3 Å². The van der Waals surface area contributed by atoms with Crippen molar-refractivity contribution in [3.8, 4) is 5.75 Å². The highest BCUT2D eigenvalue weighted by molar-refractivity contribution is 5.86. The van der Waals surface area contributed by atoms with Gasteiger partial charge in [-0.3, -0.25) is 4.79 Å². The van der Waals surface area contributed by atoms with Crippen molar-refractivity contribution >= 4 is 18.3 Å². The molecule has 0 radical (unpaired) electrons. The van der Waals surface area contributed by atoms with E-state index < -0.39 is 5.54 Å². The normalized spacial score (nSPS) is 19.1. The van der Waals surface area contributed by atoms with Crippen molar-refractivity contribution in [1.29, 1.82) is 0 Å². The van der Waals surface area contributed by atoms with Gasteiger partial charge in [-0.1, -0.05) is 25.5 Å². The van der Waals surface area contributed by atoms with E-state index in [9.17, 15) is 4.79 Å². The summed E-state index contributed by atoms with van der Waals surface area (Å²) in [6, 6.07) is 6.04. The van der Waals surface area contributed by atoms with E-state index in [1.807, 2.05) is 19.1 Å². The molecule has 118 valence electrons.